The van der Waals surface area contributed by atoms with E-state index in [2.05, 4.69) is 31.2 Å². The molecule has 92 valence electrons. The molecule has 0 aliphatic rings. The Hall–Kier alpha value is -1.75. The maximum absolute atomic E-state index is 11.8. The highest BCUT2D eigenvalue weighted by atomic mass is 79.9. The van der Waals surface area contributed by atoms with Gasteiger partial charge in [0.05, 0.1) is 5.56 Å². The molecule has 5 heteroatoms. The fourth-order valence-electron chi connectivity index (χ4n) is 1.48. The van der Waals surface area contributed by atoms with E-state index < -0.39 is 0 Å². The van der Waals surface area contributed by atoms with E-state index in [1.165, 1.54) is 24.3 Å². The van der Waals surface area contributed by atoms with Gasteiger partial charge in [0, 0.05) is 23.4 Å². The van der Waals surface area contributed by atoms with Crippen LogP contribution in [0.3, 0.4) is 0 Å². The van der Waals surface area contributed by atoms with Crippen LogP contribution in [0.1, 0.15) is 15.9 Å². The third-order valence-corrected chi connectivity index (χ3v) is 2.81. The molecule has 0 saturated heterocycles. The average Bonchev–Trinajstić information content (AvgIpc) is 2.42. The van der Waals surface area contributed by atoms with Gasteiger partial charge in [-0.15, -0.1) is 0 Å². The van der Waals surface area contributed by atoms with Gasteiger partial charge in [-0.25, -0.2) is 9.97 Å². The van der Waals surface area contributed by atoms with E-state index in [0.29, 0.717) is 5.56 Å². The zero-order valence-corrected chi connectivity index (χ0v) is 11.2. The van der Waals surface area contributed by atoms with Crippen LogP contribution in [0.25, 0.3) is 0 Å². The number of anilines is 1. The predicted octanol–water partition coefficient (Wildman–Crippen LogP) is 2.67. The number of amides is 1. The number of halogens is 1. The Balaban J connectivity index is 2.03. The van der Waals surface area contributed by atoms with E-state index in [1.807, 2.05) is 24.3 Å². The summed E-state index contributed by atoms with van der Waals surface area (Å²) in [5.74, 6) is -0.205. The van der Waals surface area contributed by atoms with Crippen molar-refractivity contribution in [2.45, 2.75) is 6.42 Å². The van der Waals surface area contributed by atoms with Crippen LogP contribution in [-0.4, -0.2) is 21.2 Å². The van der Waals surface area contributed by atoms with Gasteiger partial charge in [0.1, 0.15) is 6.33 Å². The summed E-state index contributed by atoms with van der Waals surface area (Å²) in [4.78, 5) is 19.4. The maximum Gasteiger partial charge on any atom is 0.258 e. The van der Waals surface area contributed by atoms with Crippen LogP contribution < -0.4 is 5.32 Å². The van der Waals surface area contributed by atoms with Crippen LogP contribution in [0.4, 0.5) is 5.69 Å². The highest BCUT2D eigenvalue weighted by Gasteiger charge is 2.05. The number of carbonyl (C=O) groups is 1. The smallest absolute Gasteiger partial charge is 0.258 e. The molecule has 0 fully saturated rings. The first-order valence-electron chi connectivity index (χ1n) is 5.51. The molecule has 0 spiro atoms. The minimum absolute atomic E-state index is 0.205. The lowest BCUT2D eigenvalue weighted by atomic mass is 10.1. The molecular formula is C13H12BrN3O. The van der Waals surface area contributed by atoms with Gasteiger partial charge in [0.15, 0.2) is 0 Å². The van der Waals surface area contributed by atoms with Crippen LogP contribution in [0.2, 0.25) is 0 Å². The fraction of sp³-hybridized carbons (Fsp3) is 0.154. The Bertz CT molecular complexity index is 514. The standard InChI is InChI=1S/C13H12BrN3O/c14-6-5-10-1-3-12(4-2-10)17-13(18)11-7-15-9-16-8-11/h1-4,7-9H,5-6H2,(H,17,18). The highest BCUT2D eigenvalue weighted by molar-refractivity contribution is 9.09. The second-order valence-electron chi connectivity index (χ2n) is 3.72. The number of nitrogens with one attached hydrogen (secondary N) is 1. The zero-order chi connectivity index (χ0) is 12.8. The van der Waals surface area contributed by atoms with Crippen LogP contribution >= 0.6 is 15.9 Å². The first-order chi connectivity index (χ1) is 8.79. The predicted molar refractivity (Wildman–Crippen MR) is 73.9 cm³/mol. The van der Waals surface area contributed by atoms with Crippen molar-refractivity contribution >= 4 is 27.5 Å². The number of hydrogen-bond acceptors (Lipinski definition) is 3. The number of carbonyl (C=O) groups excluding carboxylic acids is 1. The van der Waals surface area contributed by atoms with E-state index in [1.54, 1.807) is 0 Å². The van der Waals surface area contributed by atoms with Crippen LogP contribution in [0.5, 0.6) is 0 Å². The molecule has 0 radical (unpaired) electrons. The lowest BCUT2D eigenvalue weighted by molar-refractivity contribution is 0.102. The monoisotopic (exact) mass is 305 g/mol. The van der Waals surface area contributed by atoms with Crippen molar-refractivity contribution in [2.75, 3.05) is 10.6 Å². The van der Waals surface area contributed by atoms with Gasteiger partial charge < -0.3 is 5.32 Å². The van der Waals surface area contributed by atoms with Crippen LogP contribution in [0, 0.1) is 0 Å². The summed E-state index contributed by atoms with van der Waals surface area (Å²) < 4.78 is 0. The van der Waals surface area contributed by atoms with Gasteiger partial charge in [0.2, 0.25) is 0 Å². The lowest BCUT2D eigenvalue weighted by Crippen LogP contribution is -2.12. The molecule has 0 aliphatic carbocycles. The summed E-state index contributed by atoms with van der Waals surface area (Å²) in [6.45, 7) is 0. The summed E-state index contributed by atoms with van der Waals surface area (Å²) in [5.41, 5.74) is 2.44. The number of nitrogens with zero attached hydrogens (tertiary/aromatic N) is 2. The van der Waals surface area contributed by atoms with E-state index in [0.717, 1.165) is 17.4 Å². The molecule has 1 heterocycles. The SMILES string of the molecule is O=C(Nc1ccc(CCBr)cc1)c1cncnc1. The number of hydrogen-bond donors (Lipinski definition) is 1. The van der Waals surface area contributed by atoms with Crippen molar-refractivity contribution in [3.63, 3.8) is 0 Å². The molecule has 18 heavy (non-hydrogen) atoms. The molecule has 2 aromatic rings. The van der Waals surface area contributed by atoms with Crippen molar-refractivity contribution < 1.29 is 4.79 Å². The third kappa shape index (κ3) is 3.37. The summed E-state index contributed by atoms with van der Waals surface area (Å²) in [6, 6.07) is 7.77. The molecule has 4 nitrogen and oxygen atoms in total. The number of rotatable bonds is 4. The zero-order valence-electron chi connectivity index (χ0n) is 9.64. The molecular weight excluding hydrogens is 294 g/mol. The third-order valence-electron chi connectivity index (χ3n) is 2.42. The number of alkyl halides is 1. The first kappa shape index (κ1) is 12.7. The summed E-state index contributed by atoms with van der Waals surface area (Å²) in [6.07, 6.45) is 5.34. The molecule has 1 aromatic carbocycles. The molecule has 0 aliphatic heterocycles. The van der Waals surface area contributed by atoms with Crippen LogP contribution in [0.15, 0.2) is 43.0 Å². The number of aryl methyl sites for hydroxylation is 1. The van der Waals surface area contributed by atoms with Crippen molar-refractivity contribution in [1.82, 2.24) is 9.97 Å². The Morgan fingerprint density at radius 1 is 1.17 bits per heavy atom. The van der Waals surface area contributed by atoms with Gasteiger partial charge in [-0.3, -0.25) is 4.79 Å². The lowest BCUT2D eigenvalue weighted by Gasteiger charge is -2.05. The largest absolute Gasteiger partial charge is 0.322 e. The number of benzene rings is 1. The molecule has 0 bridgehead atoms. The normalized spacial score (nSPS) is 10.1. The molecule has 0 atom stereocenters. The summed E-state index contributed by atoms with van der Waals surface area (Å²) >= 11 is 3.39. The molecule has 0 saturated carbocycles. The van der Waals surface area contributed by atoms with E-state index in [-0.39, 0.29) is 5.91 Å². The maximum atomic E-state index is 11.8. The minimum Gasteiger partial charge on any atom is -0.322 e. The van der Waals surface area contributed by atoms with Crippen molar-refractivity contribution in [3.8, 4) is 0 Å². The van der Waals surface area contributed by atoms with E-state index in [4.69, 9.17) is 0 Å². The molecule has 2 rings (SSSR count). The van der Waals surface area contributed by atoms with Gasteiger partial charge in [-0.2, -0.15) is 0 Å². The molecule has 1 N–H and O–H groups in total. The molecule has 1 aromatic heterocycles. The van der Waals surface area contributed by atoms with Gasteiger partial charge >= 0.3 is 0 Å². The number of aromatic nitrogens is 2. The van der Waals surface area contributed by atoms with Gasteiger partial charge in [0.25, 0.3) is 5.91 Å². The average molecular weight is 306 g/mol. The molecule has 1 amide bonds. The van der Waals surface area contributed by atoms with Gasteiger partial charge in [-0.1, -0.05) is 28.1 Å². The second-order valence-corrected chi connectivity index (χ2v) is 4.51. The fourth-order valence-corrected chi connectivity index (χ4v) is 1.94. The van der Waals surface area contributed by atoms with E-state index in [9.17, 15) is 4.79 Å². The first-order valence-corrected chi connectivity index (χ1v) is 6.63. The highest BCUT2D eigenvalue weighted by Crippen LogP contribution is 2.11. The molecule has 0 unspecified atom stereocenters. The Morgan fingerprint density at radius 3 is 2.44 bits per heavy atom. The quantitative estimate of drug-likeness (QED) is 0.884. The van der Waals surface area contributed by atoms with Gasteiger partial charge in [-0.05, 0) is 24.1 Å². The van der Waals surface area contributed by atoms with Crippen molar-refractivity contribution in [2.24, 2.45) is 0 Å². The Labute approximate surface area is 114 Å². The minimum atomic E-state index is -0.205. The Kier molecular flexibility index (Phi) is 4.41. The van der Waals surface area contributed by atoms with Crippen molar-refractivity contribution in [1.29, 1.82) is 0 Å². The van der Waals surface area contributed by atoms with E-state index >= 15 is 0 Å². The second kappa shape index (κ2) is 6.26. The Morgan fingerprint density at radius 2 is 1.83 bits per heavy atom. The summed E-state index contributed by atoms with van der Waals surface area (Å²) in [7, 11) is 0. The summed E-state index contributed by atoms with van der Waals surface area (Å²) in [5, 5.41) is 3.73. The van der Waals surface area contributed by atoms with Crippen molar-refractivity contribution in [3.05, 3.63) is 54.1 Å². The topological polar surface area (TPSA) is 54.9 Å². The van der Waals surface area contributed by atoms with Crippen LogP contribution in [-0.2, 0) is 6.42 Å².